The molecule has 1 aromatic carbocycles. The summed E-state index contributed by atoms with van der Waals surface area (Å²) in [6, 6.07) is 3.83. The Kier molecular flexibility index (Phi) is 4.18. The van der Waals surface area contributed by atoms with Gasteiger partial charge in [-0.25, -0.2) is 0 Å². The van der Waals surface area contributed by atoms with E-state index in [9.17, 15) is 13.2 Å². The minimum absolute atomic E-state index is 0.0149. The van der Waals surface area contributed by atoms with Crippen LogP contribution in [0.3, 0.4) is 0 Å². The monoisotopic (exact) mass is 233 g/mol. The van der Waals surface area contributed by atoms with Crippen LogP contribution in [-0.4, -0.2) is 12.8 Å². The second-order valence-corrected chi connectivity index (χ2v) is 3.44. The van der Waals surface area contributed by atoms with Crippen LogP contribution in [0.4, 0.5) is 13.2 Å². The third kappa shape index (κ3) is 3.41. The van der Waals surface area contributed by atoms with Crippen molar-refractivity contribution < 1.29 is 17.9 Å². The van der Waals surface area contributed by atoms with Crippen molar-refractivity contribution in [3.8, 4) is 5.75 Å². The molecule has 90 valence electrons. The molecule has 0 aliphatic heterocycles. The zero-order valence-electron chi connectivity index (χ0n) is 8.92. The predicted octanol–water partition coefficient (Wildman–Crippen LogP) is 3.04. The number of alkyl halides is 3. The topological polar surface area (TPSA) is 35.2 Å². The van der Waals surface area contributed by atoms with Crippen molar-refractivity contribution in [3.05, 3.63) is 29.8 Å². The summed E-state index contributed by atoms with van der Waals surface area (Å²) in [7, 11) is 0. The fraction of sp³-hybridized carbons (Fsp3) is 0.455. The molecule has 0 amide bonds. The van der Waals surface area contributed by atoms with Crippen molar-refractivity contribution in [1.29, 1.82) is 0 Å². The van der Waals surface area contributed by atoms with E-state index in [4.69, 9.17) is 10.5 Å². The molecular weight excluding hydrogens is 219 g/mol. The van der Waals surface area contributed by atoms with Gasteiger partial charge in [0.1, 0.15) is 11.8 Å². The highest BCUT2D eigenvalue weighted by molar-refractivity contribution is 5.31. The Balaban J connectivity index is 2.81. The molecule has 16 heavy (non-hydrogen) atoms. The molecule has 0 spiro atoms. The first-order valence-corrected chi connectivity index (χ1v) is 5.00. The van der Waals surface area contributed by atoms with Crippen molar-refractivity contribution >= 4 is 0 Å². The average molecular weight is 233 g/mol. The smallest absolute Gasteiger partial charge is 0.407 e. The lowest BCUT2D eigenvalue weighted by Gasteiger charge is -2.16. The molecule has 0 bridgehead atoms. The minimum Gasteiger partial charge on any atom is -0.494 e. The Hall–Kier alpha value is -1.23. The number of halogens is 3. The molecule has 2 N–H and O–H groups in total. The molecule has 0 saturated carbocycles. The standard InChI is InChI=1S/C11H14F3NO/c1-2-6-16-9-5-3-4-8(7-9)10(15)11(12,13)14/h3-5,7,10H,2,6,15H2,1H3/t10-/m0/s1. The lowest BCUT2D eigenvalue weighted by molar-refractivity contribution is -0.149. The van der Waals surface area contributed by atoms with Crippen LogP contribution < -0.4 is 10.5 Å². The summed E-state index contributed by atoms with van der Waals surface area (Å²) < 4.78 is 42.3. The first kappa shape index (κ1) is 12.8. The van der Waals surface area contributed by atoms with Gasteiger partial charge in [0, 0.05) is 0 Å². The maximum atomic E-state index is 12.4. The Morgan fingerprint density at radius 1 is 1.38 bits per heavy atom. The normalized spacial score (nSPS) is 13.6. The maximum absolute atomic E-state index is 12.4. The molecule has 0 heterocycles. The highest BCUT2D eigenvalue weighted by Gasteiger charge is 2.37. The third-order valence-electron chi connectivity index (χ3n) is 2.04. The molecule has 0 fully saturated rings. The van der Waals surface area contributed by atoms with Gasteiger partial charge in [0.2, 0.25) is 0 Å². The van der Waals surface area contributed by atoms with E-state index in [1.54, 1.807) is 6.07 Å². The Morgan fingerprint density at radius 3 is 2.62 bits per heavy atom. The van der Waals surface area contributed by atoms with Crippen LogP contribution in [0, 0.1) is 0 Å². The number of ether oxygens (including phenoxy) is 1. The molecule has 0 aromatic heterocycles. The first-order chi connectivity index (χ1) is 7.45. The van der Waals surface area contributed by atoms with E-state index in [2.05, 4.69) is 0 Å². The molecule has 0 unspecified atom stereocenters. The molecule has 1 rings (SSSR count). The third-order valence-corrected chi connectivity index (χ3v) is 2.04. The van der Waals surface area contributed by atoms with Gasteiger partial charge in [-0.15, -0.1) is 0 Å². The Labute approximate surface area is 92.2 Å². The lowest BCUT2D eigenvalue weighted by atomic mass is 10.1. The van der Waals surface area contributed by atoms with E-state index in [1.807, 2.05) is 6.92 Å². The largest absolute Gasteiger partial charge is 0.494 e. The first-order valence-electron chi connectivity index (χ1n) is 5.00. The van der Waals surface area contributed by atoms with Gasteiger partial charge < -0.3 is 10.5 Å². The molecule has 5 heteroatoms. The number of hydrogen-bond acceptors (Lipinski definition) is 2. The van der Waals surface area contributed by atoms with Crippen LogP contribution in [0.1, 0.15) is 24.9 Å². The molecule has 1 atom stereocenters. The van der Waals surface area contributed by atoms with Crippen LogP contribution in [-0.2, 0) is 0 Å². The van der Waals surface area contributed by atoms with E-state index in [-0.39, 0.29) is 5.56 Å². The SMILES string of the molecule is CCCOc1cccc([C@H](N)C(F)(F)F)c1. The summed E-state index contributed by atoms with van der Waals surface area (Å²) in [5.41, 5.74) is 5.10. The van der Waals surface area contributed by atoms with Crippen LogP contribution in [0.2, 0.25) is 0 Å². The molecule has 1 aromatic rings. The molecule has 0 aliphatic rings. The van der Waals surface area contributed by atoms with E-state index in [1.165, 1.54) is 18.2 Å². The Morgan fingerprint density at radius 2 is 2.06 bits per heavy atom. The van der Waals surface area contributed by atoms with Crippen molar-refractivity contribution in [1.82, 2.24) is 0 Å². The minimum atomic E-state index is -4.43. The van der Waals surface area contributed by atoms with Gasteiger partial charge in [0.05, 0.1) is 6.61 Å². The van der Waals surface area contributed by atoms with E-state index >= 15 is 0 Å². The van der Waals surface area contributed by atoms with Crippen molar-refractivity contribution in [2.75, 3.05) is 6.61 Å². The molecule has 0 aliphatic carbocycles. The number of rotatable bonds is 4. The fourth-order valence-corrected chi connectivity index (χ4v) is 1.21. The zero-order valence-corrected chi connectivity index (χ0v) is 8.92. The number of benzene rings is 1. The van der Waals surface area contributed by atoms with Crippen molar-refractivity contribution in [3.63, 3.8) is 0 Å². The van der Waals surface area contributed by atoms with Gasteiger partial charge >= 0.3 is 6.18 Å². The second-order valence-electron chi connectivity index (χ2n) is 3.44. The van der Waals surface area contributed by atoms with Gasteiger partial charge in [0.25, 0.3) is 0 Å². The van der Waals surface area contributed by atoms with E-state index in [0.29, 0.717) is 12.4 Å². The Bertz CT molecular complexity index is 338. The van der Waals surface area contributed by atoms with Gasteiger partial charge in [-0.05, 0) is 24.1 Å². The summed E-state index contributed by atoms with van der Waals surface area (Å²) in [4.78, 5) is 0. The average Bonchev–Trinajstić information content (AvgIpc) is 2.24. The summed E-state index contributed by atoms with van der Waals surface area (Å²) in [5, 5.41) is 0. The molecular formula is C11H14F3NO. The van der Waals surface area contributed by atoms with Crippen LogP contribution >= 0.6 is 0 Å². The number of nitrogens with two attached hydrogens (primary N) is 1. The highest BCUT2D eigenvalue weighted by atomic mass is 19.4. The molecule has 2 nitrogen and oxygen atoms in total. The second kappa shape index (κ2) is 5.21. The maximum Gasteiger partial charge on any atom is 0.407 e. The molecule has 0 radical (unpaired) electrons. The van der Waals surface area contributed by atoms with Gasteiger partial charge in [-0.2, -0.15) is 13.2 Å². The molecule has 0 saturated heterocycles. The zero-order chi connectivity index (χ0) is 12.2. The van der Waals surface area contributed by atoms with Crippen LogP contribution in [0.25, 0.3) is 0 Å². The van der Waals surface area contributed by atoms with Gasteiger partial charge in [0.15, 0.2) is 0 Å². The predicted molar refractivity (Wildman–Crippen MR) is 55.2 cm³/mol. The van der Waals surface area contributed by atoms with Gasteiger partial charge in [-0.3, -0.25) is 0 Å². The van der Waals surface area contributed by atoms with Crippen LogP contribution in [0.5, 0.6) is 5.75 Å². The van der Waals surface area contributed by atoms with E-state index in [0.717, 1.165) is 6.42 Å². The summed E-state index contributed by atoms with van der Waals surface area (Å²) in [5.74, 6) is 0.416. The lowest BCUT2D eigenvalue weighted by Crippen LogP contribution is -2.28. The van der Waals surface area contributed by atoms with E-state index < -0.39 is 12.2 Å². The summed E-state index contributed by atoms with van der Waals surface area (Å²) in [6.45, 7) is 2.40. The number of hydrogen-bond donors (Lipinski definition) is 1. The van der Waals surface area contributed by atoms with Gasteiger partial charge in [-0.1, -0.05) is 19.1 Å². The summed E-state index contributed by atoms with van der Waals surface area (Å²) in [6.07, 6.45) is -3.63. The fourth-order valence-electron chi connectivity index (χ4n) is 1.21. The van der Waals surface area contributed by atoms with Crippen molar-refractivity contribution in [2.24, 2.45) is 5.73 Å². The van der Waals surface area contributed by atoms with Crippen LogP contribution in [0.15, 0.2) is 24.3 Å². The summed E-state index contributed by atoms with van der Waals surface area (Å²) >= 11 is 0. The van der Waals surface area contributed by atoms with Crippen molar-refractivity contribution in [2.45, 2.75) is 25.6 Å². The quantitative estimate of drug-likeness (QED) is 0.867. The highest BCUT2D eigenvalue weighted by Crippen LogP contribution is 2.31.